The molecule has 0 unspecified atom stereocenters. The molecule has 1 aromatic rings. The Morgan fingerprint density at radius 2 is 2.17 bits per heavy atom. The van der Waals surface area contributed by atoms with Gasteiger partial charge in [-0.3, -0.25) is 4.79 Å². The number of anilines is 1. The van der Waals surface area contributed by atoms with E-state index in [4.69, 9.17) is 17.3 Å². The quantitative estimate of drug-likeness (QED) is 0.929. The van der Waals surface area contributed by atoms with E-state index in [1.54, 1.807) is 4.90 Å². The molecule has 0 saturated heterocycles. The summed E-state index contributed by atoms with van der Waals surface area (Å²) >= 11 is 7.05. The second-order valence-electron chi connectivity index (χ2n) is 4.86. The third-order valence-corrected chi connectivity index (χ3v) is 4.66. The van der Waals surface area contributed by atoms with Crippen LogP contribution < -0.4 is 5.73 Å². The molecule has 1 aliphatic rings. The van der Waals surface area contributed by atoms with E-state index in [0.717, 1.165) is 17.9 Å². The lowest BCUT2D eigenvalue weighted by Crippen LogP contribution is -2.32. The normalized spacial score (nSPS) is 16.8. The smallest absolute Gasteiger partial charge is 0.266 e. The highest BCUT2D eigenvalue weighted by Crippen LogP contribution is 2.28. The number of thiazole rings is 1. The summed E-state index contributed by atoms with van der Waals surface area (Å²) in [4.78, 5) is 18.3. The second-order valence-corrected chi connectivity index (χ2v) is 6.25. The fraction of sp³-hybridized carbons (Fsp3) is 0.667. The van der Waals surface area contributed by atoms with Crippen LogP contribution in [0.2, 0.25) is 5.15 Å². The van der Waals surface area contributed by atoms with Gasteiger partial charge in [0.25, 0.3) is 5.91 Å². The van der Waals surface area contributed by atoms with Crippen LogP contribution in [-0.2, 0) is 0 Å². The number of hydrogen-bond acceptors (Lipinski definition) is 4. The summed E-state index contributed by atoms with van der Waals surface area (Å²) in [6.07, 6.45) is 6.32. The van der Waals surface area contributed by atoms with Crippen LogP contribution in [0.25, 0.3) is 0 Å². The third kappa shape index (κ3) is 3.14. The monoisotopic (exact) mass is 287 g/mol. The topological polar surface area (TPSA) is 59.2 Å². The van der Waals surface area contributed by atoms with Gasteiger partial charge in [-0.15, -0.1) is 0 Å². The van der Waals surface area contributed by atoms with Crippen molar-refractivity contribution in [1.29, 1.82) is 0 Å². The van der Waals surface area contributed by atoms with Crippen LogP contribution in [0.4, 0.5) is 5.13 Å². The van der Waals surface area contributed by atoms with E-state index in [0.29, 0.717) is 15.9 Å². The van der Waals surface area contributed by atoms with Crippen molar-refractivity contribution in [2.24, 2.45) is 5.92 Å². The number of nitrogens with zero attached hydrogens (tertiary/aromatic N) is 2. The Balaban J connectivity index is 1.97. The van der Waals surface area contributed by atoms with Gasteiger partial charge in [0, 0.05) is 13.6 Å². The van der Waals surface area contributed by atoms with Crippen LogP contribution in [0.3, 0.4) is 0 Å². The number of nitrogen functional groups attached to an aromatic ring is 1. The Morgan fingerprint density at radius 3 is 2.72 bits per heavy atom. The molecule has 0 aromatic carbocycles. The minimum atomic E-state index is -0.0697. The summed E-state index contributed by atoms with van der Waals surface area (Å²) in [5.74, 6) is 0.552. The maximum atomic E-state index is 12.2. The number of rotatable bonds is 3. The lowest BCUT2D eigenvalue weighted by molar-refractivity contribution is 0.0765. The maximum absolute atomic E-state index is 12.2. The number of halogens is 1. The highest BCUT2D eigenvalue weighted by Gasteiger charge is 2.22. The van der Waals surface area contributed by atoms with Gasteiger partial charge >= 0.3 is 0 Å². The van der Waals surface area contributed by atoms with Gasteiger partial charge in [-0.25, -0.2) is 4.98 Å². The standard InChI is InChI=1S/C12H18ClN3OS/c1-16(7-8-5-3-2-4-6-8)11(17)9-10(13)15-12(14)18-9/h8H,2-7H2,1H3,(H2,14,15). The molecule has 100 valence electrons. The van der Waals surface area contributed by atoms with Crippen LogP contribution in [0.5, 0.6) is 0 Å². The van der Waals surface area contributed by atoms with E-state index >= 15 is 0 Å². The molecule has 1 amide bonds. The van der Waals surface area contributed by atoms with Gasteiger partial charge in [-0.2, -0.15) is 0 Å². The molecule has 0 atom stereocenters. The SMILES string of the molecule is CN(CC1CCCCC1)C(=O)c1sc(N)nc1Cl. The van der Waals surface area contributed by atoms with Crippen molar-refractivity contribution in [2.45, 2.75) is 32.1 Å². The molecule has 1 aliphatic carbocycles. The summed E-state index contributed by atoms with van der Waals surface area (Å²) < 4.78 is 0. The summed E-state index contributed by atoms with van der Waals surface area (Å²) in [5.41, 5.74) is 5.55. The van der Waals surface area contributed by atoms with Gasteiger partial charge in [0.05, 0.1) is 0 Å². The highest BCUT2D eigenvalue weighted by molar-refractivity contribution is 7.17. The minimum absolute atomic E-state index is 0.0697. The molecule has 4 nitrogen and oxygen atoms in total. The number of amides is 1. The van der Waals surface area contributed by atoms with Crippen molar-refractivity contribution in [2.75, 3.05) is 19.3 Å². The number of hydrogen-bond donors (Lipinski definition) is 1. The Bertz CT molecular complexity index is 429. The van der Waals surface area contributed by atoms with E-state index in [2.05, 4.69) is 4.98 Å². The largest absolute Gasteiger partial charge is 0.375 e. The molecular formula is C12H18ClN3OS. The predicted molar refractivity (Wildman–Crippen MR) is 75.1 cm³/mol. The average molecular weight is 288 g/mol. The zero-order chi connectivity index (χ0) is 13.1. The number of nitrogens with two attached hydrogens (primary N) is 1. The van der Waals surface area contributed by atoms with Gasteiger partial charge in [0.1, 0.15) is 4.88 Å². The van der Waals surface area contributed by atoms with Gasteiger partial charge in [-0.1, -0.05) is 42.2 Å². The maximum Gasteiger partial charge on any atom is 0.266 e. The molecule has 1 aromatic heterocycles. The highest BCUT2D eigenvalue weighted by atomic mass is 35.5. The van der Waals surface area contributed by atoms with Crippen molar-refractivity contribution in [3.8, 4) is 0 Å². The Kier molecular flexibility index (Phi) is 4.45. The van der Waals surface area contributed by atoms with Crippen LogP contribution in [0, 0.1) is 5.92 Å². The molecule has 1 saturated carbocycles. The molecular weight excluding hydrogens is 270 g/mol. The molecule has 1 fully saturated rings. The summed E-state index contributed by atoms with van der Waals surface area (Å²) in [6.45, 7) is 0.799. The number of carbonyl (C=O) groups is 1. The molecule has 0 bridgehead atoms. The molecule has 0 aliphatic heterocycles. The molecule has 18 heavy (non-hydrogen) atoms. The molecule has 0 radical (unpaired) electrons. The summed E-state index contributed by atoms with van der Waals surface area (Å²) in [6, 6.07) is 0. The molecule has 6 heteroatoms. The van der Waals surface area contributed by atoms with Crippen LogP contribution in [0.15, 0.2) is 0 Å². The van der Waals surface area contributed by atoms with Crippen LogP contribution in [-0.4, -0.2) is 29.4 Å². The fourth-order valence-corrected chi connectivity index (χ4v) is 3.52. The van der Waals surface area contributed by atoms with E-state index < -0.39 is 0 Å². The van der Waals surface area contributed by atoms with Gasteiger partial charge in [0.2, 0.25) is 0 Å². The fourth-order valence-electron chi connectivity index (χ4n) is 2.46. The van der Waals surface area contributed by atoms with E-state index in [1.165, 1.54) is 32.1 Å². The summed E-state index contributed by atoms with van der Waals surface area (Å²) in [7, 11) is 1.82. The first-order valence-electron chi connectivity index (χ1n) is 6.25. The van der Waals surface area contributed by atoms with Crippen LogP contribution >= 0.6 is 22.9 Å². The Labute approximate surface area is 116 Å². The van der Waals surface area contributed by atoms with Crippen molar-refractivity contribution < 1.29 is 4.79 Å². The second kappa shape index (κ2) is 5.89. The van der Waals surface area contributed by atoms with Gasteiger partial charge < -0.3 is 10.6 Å². The van der Waals surface area contributed by atoms with E-state index in [1.807, 2.05) is 7.05 Å². The molecule has 0 spiro atoms. The third-order valence-electron chi connectivity index (χ3n) is 3.40. The lowest BCUT2D eigenvalue weighted by atomic mass is 9.89. The van der Waals surface area contributed by atoms with Crippen molar-refractivity contribution in [3.63, 3.8) is 0 Å². The lowest BCUT2D eigenvalue weighted by Gasteiger charge is -2.26. The van der Waals surface area contributed by atoms with Crippen molar-refractivity contribution >= 4 is 34.0 Å². The van der Waals surface area contributed by atoms with Gasteiger partial charge in [0.15, 0.2) is 10.3 Å². The molecule has 1 heterocycles. The predicted octanol–water partition coefficient (Wildman–Crippen LogP) is 3.03. The minimum Gasteiger partial charge on any atom is -0.375 e. The van der Waals surface area contributed by atoms with Crippen molar-refractivity contribution in [1.82, 2.24) is 9.88 Å². The number of aromatic nitrogens is 1. The first-order valence-corrected chi connectivity index (χ1v) is 7.44. The zero-order valence-corrected chi connectivity index (χ0v) is 12.1. The van der Waals surface area contributed by atoms with E-state index in [-0.39, 0.29) is 11.1 Å². The van der Waals surface area contributed by atoms with Crippen LogP contribution in [0.1, 0.15) is 41.8 Å². The van der Waals surface area contributed by atoms with Gasteiger partial charge in [-0.05, 0) is 18.8 Å². The van der Waals surface area contributed by atoms with Crippen molar-refractivity contribution in [3.05, 3.63) is 10.0 Å². The average Bonchev–Trinajstić information content (AvgIpc) is 2.68. The zero-order valence-electron chi connectivity index (χ0n) is 10.5. The summed E-state index contributed by atoms with van der Waals surface area (Å²) in [5, 5.41) is 0.562. The first-order chi connectivity index (χ1) is 8.58. The number of carbonyl (C=O) groups excluding carboxylic acids is 1. The first kappa shape index (κ1) is 13.6. The molecule has 2 rings (SSSR count). The Morgan fingerprint density at radius 1 is 1.50 bits per heavy atom. The Hall–Kier alpha value is -0.810. The molecule has 2 N–H and O–H groups in total. The van der Waals surface area contributed by atoms with E-state index in [9.17, 15) is 4.79 Å².